The smallest absolute Gasteiger partial charge is 0.325 e. The molecule has 1 spiro atoms. The Morgan fingerprint density at radius 3 is 3.00 bits per heavy atom. The van der Waals surface area contributed by atoms with Gasteiger partial charge in [0.25, 0.3) is 0 Å². The van der Waals surface area contributed by atoms with Crippen LogP contribution in [0.5, 0.6) is 0 Å². The minimum Gasteiger partial charge on any atom is -0.481 e. The van der Waals surface area contributed by atoms with Gasteiger partial charge < -0.3 is 19.5 Å². The molecule has 3 heterocycles. The van der Waals surface area contributed by atoms with Crippen LogP contribution in [0.4, 0.5) is 0 Å². The fourth-order valence-corrected chi connectivity index (χ4v) is 3.36. The third kappa shape index (κ3) is 1.66. The monoisotopic (exact) mass is 281 g/mol. The fourth-order valence-electron chi connectivity index (χ4n) is 3.36. The minimum absolute atomic E-state index is 0.168. The summed E-state index contributed by atoms with van der Waals surface area (Å²) in [6.07, 6.45) is 2.90. The number of amides is 1. The maximum atomic E-state index is 12.4. The van der Waals surface area contributed by atoms with Gasteiger partial charge in [-0.25, -0.2) is 0 Å². The second kappa shape index (κ2) is 4.31. The Hall–Kier alpha value is -1.89. The Kier molecular flexibility index (Phi) is 2.82. The minimum atomic E-state index is -1.04. The summed E-state index contributed by atoms with van der Waals surface area (Å²) in [6.45, 7) is 1.96. The van der Waals surface area contributed by atoms with Crippen molar-refractivity contribution < 1.29 is 29.0 Å². The summed E-state index contributed by atoms with van der Waals surface area (Å²) in [7, 11) is 0. The molecule has 0 radical (unpaired) electrons. The van der Waals surface area contributed by atoms with Gasteiger partial charge in [0.2, 0.25) is 5.91 Å². The van der Waals surface area contributed by atoms with Crippen molar-refractivity contribution >= 4 is 17.8 Å². The van der Waals surface area contributed by atoms with Crippen LogP contribution in [0.15, 0.2) is 12.2 Å². The molecule has 0 aromatic carbocycles. The summed E-state index contributed by atoms with van der Waals surface area (Å²) >= 11 is 0. The number of carbonyl (C=O) groups is 3. The Balaban J connectivity index is 1.82. The van der Waals surface area contributed by atoms with Gasteiger partial charge >= 0.3 is 11.9 Å². The molecule has 0 aromatic rings. The van der Waals surface area contributed by atoms with E-state index in [0.717, 1.165) is 0 Å². The van der Waals surface area contributed by atoms with Crippen LogP contribution in [0, 0.1) is 11.8 Å². The molecule has 0 saturated carbocycles. The summed E-state index contributed by atoms with van der Waals surface area (Å²) in [4.78, 5) is 36.5. The zero-order valence-corrected chi connectivity index (χ0v) is 10.9. The fraction of sp³-hybridized carbons (Fsp3) is 0.615. The van der Waals surface area contributed by atoms with Gasteiger partial charge in [-0.2, -0.15) is 0 Å². The lowest BCUT2D eigenvalue weighted by Crippen LogP contribution is -2.39. The molecule has 2 saturated heterocycles. The van der Waals surface area contributed by atoms with E-state index in [0.29, 0.717) is 0 Å². The number of carboxylic acids is 1. The van der Waals surface area contributed by atoms with E-state index < -0.39 is 35.5 Å². The zero-order chi connectivity index (χ0) is 14.5. The Morgan fingerprint density at radius 2 is 2.35 bits per heavy atom. The van der Waals surface area contributed by atoms with Gasteiger partial charge in [-0.15, -0.1) is 0 Å². The number of aliphatic carboxylic acids is 1. The first kappa shape index (κ1) is 13.1. The molecule has 20 heavy (non-hydrogen) atoms. The zero-order valence-electron chi connectivity index (χ0n) is 10.9. The first-order valence-electron chi connectivity index (χ1n) is 6.53. The molecule has 0 aromatic heterocycles. The van der Waals surface area contributed by atoms with E-state index in [2.05, 4.69) is 0 Å². The molecule has 1 amide bonds. The Labute approximate surface area is 115 Å². The highest BCUT2D eigenvalue weighted by molar-refractivity contribution is 5.92. The van der Waals surface area contributed by atoms with Crippen molar-refractivity contribution in [3.05, 3.63) is 12.2 Å². The maximum absolute atomic E-state index is 12.4. The number of carbonyl (C=O) groups excluding carboxylic acids is 2. The normalized spacial score (nSPS) is 37.4. The quantitative estimate of drug-likeness (QED) is 0.547. The number of likely N-dealkylation sites (tertiary alicyclic amines) is 1. The van der Waals surface area contributed by atoms with Crippen LogP contribution in [0.1, 0.15) is 6.92 Å². The molecule has 1 N–H and O–H groups in total. The standard InChI is InChI=1S/C13H15NO6/c1-2-19-8(15)5-14-6-13-4-3-7(20-13)9(12(17)18)10(13)11(14)16/h3-4,7,9-10H,2,5-6H2,1H3,(H,17,18)/t7-,9+,10-,13?/m0/s1. The van der Waals surface area contributed by atoms with Gasteiger partial charge in [0.1, 0.15) is 18.1 Å². The van der Waals surface area contributed by atoms with E-state index in [4.69, 9.17) is 9.47 Å². The molecule has 1 unspecified atom stereocenters. The summed E-state index contributed by atoms with van der Waals surface area (Å²) in [6, 6.07) is 0. The number of ether oxygens (including phenoxy) is 2. The molecule has 7 heteroatoms. The van der Waals surface area contributed by atoms with Gasteiger partial charge in [-0.3, -0.25) is 14.4 Å². The predicted molar refractivity (Wildman–Crippen MR) is 64.6 cm³/mol. The first-order valence-corrected chi connectivity index (χ1v) is 6.53. The second-order valence-electron chi connectivity index (χ2n) is 5.24. The average molecular weight is 281 g/mol. The van der Waals surface area contributed by atoms with Crippen molar-refractivity contribution in [3.8, 4) is 0 Å². The lowest BCUT2D eigenvalue weighted by atomic mass is 9.77. The van der Waals surface area contributed by atoms with E-state index in [1.54, 1.807) is 19.1 Å². The van der Waals surface area contributed by atoms with Crippen LogP contribution in [-0.4, -0.2) is 59.3 Å². The number of hydrogen-bond acceptors (Lipinski definition) is 5. The van der Waals surface area contributed by atoms with Crippen molar-refractivity contribution in [2.75, 3.05) is 19.7 Å². The third-order valence-electron chi connectivity index (χ3n) is 4.09. The van der Waals surface area contributed by atoms with Crippen molar-refractivity contribution in [1.29, 1.82) is 0 Å². The predicted octanol–water partition coefficient (Wildman–Crippen LogP) is -0.584. The number of esters is 1. The molecule has 3 aliphatic rings. The highest BCUT2D eigenvalue weighted by atomic mass is 16.5. The van der Waals surface area contributed by atoms with Gasteiger partial charge in [0, 0.05) is 0 Å². The van der Waals surface area contributed by atoms with Crippen molar-refractivity contribution in [2.45, 2.75) is 18.6 Å². The number of rotatable bonds is 4. The van der Waals surface area contributed by atoms with Crippen molar-refractivity contribution in [3.63, 3.8) is 0 Å². The largest absolute Gasteiger partial charge is 0.481 e. The first-order chi connectivity index (χ1) is 9.48. The van der Waals surface area contributed by atoms with E-state index in [1.807, 2.05) is 0 Å². The molecule has 0 aliphatic carbocycles. The van der Waals surface area contributed by atoms with Gasteiger partial charge in [0.15, 0.2) is 0 Å². The van der Waals surface area contributed by atoms with Crippen LogP contribution >= 0.6 is 0 Å². The molecule has 2 bridgehead atoms. The number of nitrogens with zero attached hydrogens (tertiary/aromatic N) is 1. The van der Waals surface area contributed by atoms with E-state index in [-0.39, 0.29) is 25.6 Å². The third-order valence-corrected chi connectivity index (χ3v) is 4.09. The maximum Gasteiger partial charge on any atom is 0.325 e. The van der Waals surface area contributed by atoms with Gasteiger partial charge in [-0.05, 0) is 6.92 Å². The van der Waals surface area contributed by atoms with E-state index in [9.17, 15) is 19.5 Å². The molecular weight excluding hydrogens is 266 g/mol. The SMILES string of the molecule is CCOC(=O)CN1CC23C=C[C@H](O2)[C@@H](C(=O)O)[C@H]3C1=O. The van der Waals surface area contributed by atoms with Gasteiger partial charge in [0.05, 0.1) is 25.2 Å². The second-order valence-corrected chi connectivity index (χ2v) is 5.24. The molecule has 2 fully saturated rings. The highest BCUT2D eigenvalue weighted by Gasteiger charge is 2.67. The summed E-state index contributed by atoms with van der Waals surface area (Å²) in [5.74, 6) is -3.51. The van der Waals surface area contributed by atoms with Crippen LogP contribution in [0.3, 0.4) is 0 Å². The summed E-state index contributed by atoms with van der Waals surface area (Å²) in [5, 5.41) is 9.27. The van der Waals surface area contributed by atoms with Crippen molar-refractivity contribution in [1.82, 2.24) is 4.90 Å². The van der Waals surface area contributed by atoms with E-state index in [1.165, 1.54) is 4.90 Å². The molecule has 4 atom stereocenters. The lowest BCUT2D eigenvalue weighted by Gasteiger charge is -2.21. The van der Waals surface area contributed by atoms with Crippen LogP contribution in [-0.2, 0) is 23.9 Å². The molecule has 3 rings (SSSR count). The number of fused-ring (bicyclic) bond motifs is 1. The lowest BCUT2D eigenvalue weighted by molar-refractivity contribution is -0.151. The Bertz CT molecular complexity index is 515. The number of carboxylic acid groups (broad SMARTS) is 1. The van der Waals surface area contributed by atoms with Crippen LogP contribution in [0.25, 0.3) is 0 Å². The topological polar surface area (TPSA) is 93.1 Å². The van der Waals surface area contributed by atoms with Crippen LogP contribution in [0.2, 0.25) is 0 Å². The molecule has 7 nitrogen and oxygen atoms in total. The van der Waals surface area contributed by atoms with Crippen LogP contribution < -0.4 is 0 Å². The molecule has 3 aliphatic heterocycles. The highest BCUT2D eigenvalue weighted by Crippen LogP contribution is 2.51. The Morgan fingerprint density at radius 1 is 1.60 bits per heavy atom. The molecular formula is C13H15NO6. The van der Waals surface area contributed by atoms with E-state index >= 15 is 0 Å². The summed E-state index contributed by atoms with van der Waals surface area (Å²) in [5.41, 5.74) is -0.892. The molecule has 108 valence electrons. The average Bonchev–Trinajstić information content (AvgIpc) is 2.99. The van der Waals surface area contributed by atoms with Crippen molar-refractivity contribution in [2.24, 2.45) is 11.8 Å². The van der Waals surface area contributed by atoms with Gasteiger partial charge in [-0.1, -0.05) is 12.2 Å². The summed E-state index contributed by atoms with van der Waals surface area (Å²) < 4.78 is 10.5. The number of hydrogen-bond donors (Lipinski definition) is 1.